The summed E-state index contributed by atoms with van der Waals surface area (Å²) in [5, 5.41) is 13.4. The molecule has 3 fully saturated rings. The summed E-state index contributed by atoms with van der Waals surface area (Å²) in [6, 6.07) is 11.2. The summed E-state index contributed by atoms with van der Waals surface area (Å²) in [4.78, 5) is 29.2. The van der Waals surface area contributed by atoms with E-state index >= 15 is 4.39 Å². The molecule has 7 rings (SSSR count). The maximum atomic E-state index is 15.6. The molecule has 4 heterocycles. The standard InChI is InChI=1S/C31H28Cl2FN3O6/c32-24-6-19(43-20-10-35-11-20)7-25(33)28(24)30(38)36-12-16-2-1-3-21(29(16)42-15-36)22-9-27(23(31(39)40)8-26(22)34)37-17-4-5-18(37)14-41-13-17/h1-3,6-9,17-18,20,35H,4-5,10-15H2,(H,39,40). The third-order valence-electron chi connectivity index (χ3n) is 8.51. The molecule has 3 aromatic rings. The number of nitrogens with one attached hydrogen (secondary N) is 1. The first kappa shape index (κ1) is 28.2. The zero-order valence-electron chi connectivity index (χ0n) is 22.9. The molecule has 0 saturated carbocycles. The first-order valence-corrected chi connectivity index (χ1v) is 14.9. The van der Waals surface area contributed by atoms with E-state index in [1.54, 1.807) is 36.4 Å². The Morgan fingerprint density at radius 3 is 2.40 bits per heavy atom. The van der Waals surface area contributed by atoms with Gasteiger partial charge in [0.25, 0.3) is 5.91 Å². The quantitative estimate of drug-likeness (QED) is 0.384. The number of nitrogens with zero attached hydrogens (tertiary/aromatic N) is 2. The second kappa shape index (κ2) is 11.2. The summed E-state index contributed by atoms with van der Waals surface area (Å²) >= 11 is 13.0. The molecule has 12 heteroatoms. The normalized spacial score (nSPS) is 21.2. The monoisotopic (exact) mass is 627 g/mol. The highest BCUT2D eigenvalue weighted by atomic mass is 35.5. The highest BCUT2D eigenvalue weighted by molar-refractivity contribution is 6.39. The van der Waals surface area contributed by atoms with Gasteiger partial charge in [-0.25, -0.2) is 9.18 Å². The largest absolute Gasteiger partial charge is 0.488 e. The van der Waals surface area contributed by atoms with Gasteiger partial charge in [-0.1, -0.05) is 41.4 Å². The van der Waals surface area contributed by atoms with Crippen LogP contribution < -0.4 is 19.7 Å². The minimum absolute atomic E-state index is 0.0279. The third kappa shape index (κ3) is 5.06. The number of carbonyl (C=O) groups is 2. The van der Waals surface area contributed by atoms with E-state index in [4.69, 9.17) is 37.4 Å². The highest BCUT2D eigenvalue weighted by Gasteiger charge is 2.40. The number of halogens is 3. The van der Waals surface area contributed by atoms with Gasteiger partial charge in [0.1, 0.15) is 23.4 Å². The van der Waals surface area contributed by atoms with Crippen molar-refractivity contribution >= 4 is 40.8 Å². The average Bonchev–Trinajstić information content (AvgIpc) is 3.20. The van der Waals surface area contributed by atoms with Crippen molar-refractivity contribution in [2.75, 3.05) is 37.9 Å². The molecule has 224 valence electrons. The number of ether oxygens (including phenoxy) is 3. The van der Waals surface area contributed by atoms with E-state index in [2.05, 4.69) is 10.2 Å². The van der Waals surface area contributed by atoms with E-state index in [1.807, 2.05) is 0 Å². The molecule has 3 aromatic carbocycles. The Hall–Kier alpha value is -3.57. The lowest BCUT2D eigenvalue weighted by Crippen LogP contribution is -2.50. The molecule has 0 aliphatic carbocycles. The molecule has 4 aliphatic rings. The molecule has 4 aliphatic heterocycles. The number of carbonyl (C=O) groups excluding carboxylic acids is 1. The van der Waals surface area contributed by atoms with Gasteiger partial charge in [0, 0.05) is 29.8 Å². The van der Waals surface area contributed by atoms with Crippen molar-refractivity contribution in [2.45, 2.75) is 37.6 Å². The number of carboxylic acid groups (broad SMARTS) is 1. The summed E-state index contributed by atoms with van der Waals surface area (Å²) < 4.78 is 33.2. The number of amides is 1. The van der Waals surface area contributed by atoms with Crippen LogP contribution in [0.5, 0.6) is 11.5 Å². The van der Waals surface area contributed by atoms with Gasteiger partial charge in [0.2, 0.25) is 0 Å². The maximum Gasteiger partial charge on any atom is 0.337 e. The van der Waals surface area contributed by atoms with Crippen LogP contribution in [0.2, 0.25) is 10.0 Å². The van der Waals surface area contributed by atoms with Crippen molar-refractivity contribution in [3.8, 4) is 22.6 Å². The molecule has 2 unspecified atom stereocenters. The summed E-state index contributed by atoms with van der Waals surface area (Å²) in [5.74, 6) is -1.35. The molecular formula is C31H28Cl2FN3O6. The van der Waals surface area contributed by atoms with Gasteiger partial charge < -0.3 is 34.4 Å². The van der Waals surface area contributed by atoms with Crippen LogP contribution in [0.1, 0.15) is 39.1 Å². The molecule has 43 heavy (non-hydrogen) atoms. The van der Waals surface area contributed by atoms with Crippen molar-refractivity contribution in [3.63, 3.8) is 0 Å². The van der Waals surface area contributed by atoms with Crippen molar-refractivity contribution in [3.05, 3.63) is 75.0 Å². The lowest BCUT2D eigenvalue weighted by molar-refractivity contribution is 0.0516. The van der Waals surface area contributed by atoms with Crippen LogP contribution in [0.4, 0.5) is 10.1 Å². The lowest BCUT2D eigenvalue weighted by atomic mass is 9.96. The van der Waals surface area contributed by atoms with Gasteiger partial charge in [0.05, 0.1) is 58.7 Å². The number of morpholine rings is 1. The predicted octanol–water partition coefficient (Wildman–Crippen LogP) is 5.21. The Kier molecular flexibility index (Phi) is 7.33. The molecule has 2 bridgehead atoms. The molecule has 2 N–H and O–H groups in total. The topological polar surface area (TPSA) is 101 Å². The number of hydrogen-bond donors (Lipinski definition) is 2. The summed E-state index contributed by atoms with van der Waals surface area (Å²) in [7, 11) is 0. The number of fused-ring (bicyclic) bond motifs is 3. The number of carboxylic acids is 1. The van der Waals surface area contributed by atoms with Gasteiger partial charge in [-0.15, -0.1) is 0 Å². The number of benzene rings is 3. The van der Waals surface area contributed by atoms with Crippen LogP contribution in [0.3, 0.4) is 0 Å². The summed E-state index contributed by atoms with van der Waals surface area (Å²) in [6.45, 7) is 2.51. The minimum atomic E-state index is -1.19. The fourth-order valence-electron chi connectivity index (χ4n) is 6.31. The van der Waals surface area contributed by atoms with Crippen LogP contribution in [-0.4, -0.2) is 73.1 Å². The van der Waals surface area contributed by atoms with Crippen LogP contribution in [0.25, 0.3) is 11.1 Å². The van der Waals surface area contributed by atoms with Crippen molar-refractivity contribution < 1.29 is 33.3 Å². The van der Waals surface area contributed by atoms with Crippen molar-refractivity contribution in [1.29, 1.82) is 0 Å². The Balaban J connectivity index is 1.19. The van der Waals surface area contributed by atoms with Gasteiger partial charge in [-0.05, 0) is 37.1 Å². The second-order valence-corrected chi connectivity index (χ2v) is 12.0. The van der Waals surface area contributed by atoms with Crippen LogP contribution in [0.15, 0.2) is 42.5 Å². The van der Waals surface area contributed by atoms with Crippen molar-refractivity contribution in [2.24, 2.45) is 0 Å². The molecule has 3 saturated heterocycles. The number of aromatic carboxylic acids is 1. The number of anilines is 1. The van der Waals surface area contributed by atoms with E-state index < -0.39 is 17.7 Å². The van der Waals surface area contributed by atoms with Gasteiger partial charge in [0.15, 0.2) is 6.73 Å². The van der Waals surface area contributed by atoms with Gasteiger partial charge in [-0.3, -0.25) is 4.79 Å². The fourth-order valence-corrected chi connectivity index (χ4v) is 6.94. The fraction of sp³-hybridized carbons (Fsp3) is 0.355. The van der Waals surface area contributed by atoms with E-state index in [9.17, 15) is 14.7 Å². The SMILES string of the molecule is O=C(O)c1cc(F)c(-c2cccc3c2OCN(C(=O)c2c(Cl)cc(OC4CNC4)cc2Cl)C3)cc1N1C2CCC1COC2. The zero-order valence-corrected chi connectivity index (χ0v) is 24.5. The van der Waals surface area contributed by atoms with E-state index in [-0.39, 0.29) is 58.2 Å². The van der Waals surface area contributed by atoms with Crippen LogP contribution in [-0.2, 0) is 11.3 Å². The Morgan fingerprint density at radius 2 is 1.74 bits per heavy atom. The first-order chi connectivity index (χ1) is 20.8. The zero-order chi connectivity index (χ0) is 29.8. The first-order valence-electron chi connectivity index (χ1n) is 14.1. The van der Waals surface area contributed by atoms with Gasteiger partial charge >= 0.3 is 5.97 Å². The number of rotatable bonds is 6. The molecular weight excluding hydrogens is 600 g/mol. The number of para-hydroxylation sites is 1. The Bertz CT molecular complexity index is 1590. The summed E-state index contributed by atoms with van der Waals surface area (Å²) in [5.41, 5.74) is 1.89. The van der Waals surface area contributed by atoms with Crippen LogP contribution in [0, 0.1) is 5.82 Å². The van der Waals surface area contributed by atoms with Gasteiger partial charge in [-0.2, -0.15) is 0 Å². The van der Waals surface area contributed by atoms with Crippen LogP contribution >= 0.6 is 23.2 Å². The van der Waals surface area contributed by atoms with E-state index in [0.29, 0.717) is 41.5 Å². The van der Waals surface area contributed by atoms with Crippen molar-refractivity contribution in [1.82, 2.24) is 10.2 Å². The second-order valence-electron chi connectivity index (χ2n) is 11.2. The molecule has 1 amide bonds. The molecule has 9 nitrogen and oxygen atoms in total. The smallest absolute Gasteiger partial charge is 0.337 e. The predicted molar refractivity (Wildman–Crippen MR) is 158 cm³/mol. The lowest BCUT2D eigenvalue weighted by Gasteiger charge is -2.37. The number of hydrogen-bond acceptors (Lipinski definition) is 7. The van der Waals surface area contributed by atoms with E-state index in [0.717, 1.165) is 32.0 Å². The molecule has 0 aromatic heterocycles. The third-order valence-corrected chi connectivity index (χ3v) is 9.11. The average molecular weight is 628 g/mol. The maximum absolute atomic E-state index is 15.6. The highest BCUT2D eigenvalue weighted by Crippen LogP contribution is 2.43. The summed E-state index contributed by atoms with van der Waals surface area (Å²) in [6.07, 6.45) is 1.79. The molecule has 0 spiro atoms. The molecule has 0 radical (unpaired) electrons. The Morgan fingerprint density at radius 1 is 1.02 bits per heavy atom. The molecule has 2 atom stereocenters. The Labute approximate surface area is 257 Å². The van der Waals surface area contributed by atoms with E-state index in [1.165, 1.54) is 4.90 Å². The minimum Gasteiger partial charge on any atom is -0.488 e.